The SMILES string of the molecule is CC(=O)C(CC(=O)N1CCC(N2Cc3ccccc3NC2=O)CC1)Cc1ccc(C)c(C)c1. The first-order valence-electron chi connectivity index (χ1n) is 11.8. The second-order valence-corrected chi connectivity index (χ2v) is 9.46. The Labute approximate surface area is 196 Å². The van der Waals surface area contributed by atoms with Crippen LogP contribution in [0.15, 0.2) is 42.5 Å². The number of carbonyl (C=O) groups is 3. The highest BCUT2D eigenvalue weighted by atomic mass is 16.2. The van der Waals surface area contributed by atoms with Crippen LogP contribution in [-0.4, -0.2) is 46.7 Å². The molecule has 1 N–H and O–H groups in total. The average Bonchev–Trinajstić information content (AvgIpc) is 2.80. The van der Waals surface area contributed by atoms with Crippen molar-refractivity contribution in [2.75, 3.05) is 18.4 Å². The van der Waals surface area contributed by atoms with E-state index in [-0.39, 0.29) is 36.1 Å². The topological polar surface area (TPSA) is 69.7 Å². The number of para-hydroxylation sites is 1. The summed E-state index contributed by atoms with van der Waals surface area (Å²) in [5.74, 6) is -0.215. The maximum absolute atomic E-state index is 13.0. The number of fused-ring (bicyclic) bond motifs is 1. The van der Waals surface area contributed by atoms with E-state index < -0.39 is 0 Å². The number of likely N-dealkylation sites (tertiary alicyclic amines) is 1. The molecule has 0 saturated carbocycles. The number of nitrogens with one attached hydrogen (secondary N) is 1. The number of ketones is 1. The molecule has 0 aromatic heterocycles. The molecule has 174 valence electrons. The number of hydrogen-bond acceptors (Lipinski definition) is 3. The minimum absolute atomic E-state index is 0.0333. The van der Waals surface area contributed by atoms with E-state index in [2.05, 4.69) is 37.4 Å². The van der Waals surface area contributed by atoms with Gasteiger partial charge in [0.2, 0.25) is 5.91 Å². The summed E-state index contributed by atoms with van der Waals surface area (Å²) in [5, 5.41) is 2.98. The van der Waals surface area contributed by atoms with Crippen LogP contribution < -0.4 is 5.32 Å². The maximum Gasteiger partial charge on any atom is 0.322 e. The molecule has 0 aliphatic carbocycles. The molecule has 6 nitrogen and oxygen atoms in total. The molecule has 2 aliphatic rings. The molecular formula is C27H33N3O3. The van der Waals surface area contributed by atoms with Crippen molar-refractivity contribution in [3.8, 4) is 0 Å². The van der Waals surface area contributed by atoms with E-state index in [1.165, 1.54) is 11.1 Å². The van der Waals surface area contributed by atoms with Crippen molar-refractivity contribution in [2.45, 2.75) is 59.0 Å². The minimum Gasteiger partial charge on any atom is -0.343 e. The summed E-state index contributed by atoms with van der Waals surface area (Å²) >= 11 is 0. The molecule has 3 amide bonds. The van der Waals surface area contributed by atoms with Crippen LogP contribution in [0.2, 0.25) is 0 Å². The molecule has 2 aliphatic heterocycles. The van der Waals surface area contributed by atoms with Crippen molar-refractivity contribution in [2.24, 2.45) is 5.92 Å². The fourth-order valence-electron chi connectivity index (χ4n) is 4.86. The third kappa shape index (κ3) is 5.27. The molecule has 2 heterocycles. The van der Waals surface area contributed by atoms with Crippen molar-refractivity contribution in [1.82, 2.24) is 9.80 Å². The molecule has 33 heavy (non-hydrogen) atoms. The van der Waals surface area contributed by atoms with Gasteiger partial charge < -0.3 is 15.1 Å². The highest BCUT2D eigenvalue weighted by molar-refractivity contribution is 5.92. The van der Waals surface area contributed by atoms with E-state index in [1.54, 1.807) is 6.92 Å². The predicted octanol–water partition coefficient (Wildman–Crippen LogP) is 4.48. The molecule has 2 aromatic rings. The summed E-state index contributed by atoms with van der Waals surface area (Å²) in [6.45, 7) is 7.55. The van der Waals surface area contributed by atoms with Crippen LogP contribution >= 0.6 is 0 Å². The van der Waals surface area contributed by atoms with E-state index in [1.807, 2.05) is 34.1 Å². The summed E-state index contributed by atoms with van der Waals surface area (Å²) in [4.78, 5) is 41.7. The third-order valence-corrected chi connectivity index (χ3v) is 7.17. The molecule has 0 spiro atoms. The Kier molecular flexibility index (Phi) is 6.82. The number of piperidine rings is 1. The maximum atomic E-state index is 13.0. The van der Waals surface area contributed by atoms with Gasteiger partial charge in [0.1, 0.15) is 5.78 Å². The zero-order valence-corrected chi connectivity index (χ0v) is 19.8. The van der Waals surface area contributed by atoms with Gasteiger partial charge in [0.25, 0.3) is 0 Å². The number of amides is 3. The number of aryl methyl sites for hydroxylation is 2. The molecule has 1 unspecified atom stereocenters. The number of carbonyl (C=O) groups excluding carboxylic acids is 3. The average molecular weight is 448 g/mol. The number of nitrogens with zero attached hydrogens (tertiary/aromatic N) is 2. The first kappa shape index (κ1) is 23.0. The zero-order chi connectivity index (χ0) is 23.5. The normalized spacial score (nSPS) is 17.4. The fraction of sp³-hybridized carbons (Fsp3) is 0.444. The number of urea groups is 1. The Morgan fingerprint density at radius 2 is 1.79 bits per heavy atom. The van der Waals surface area contributed by atoms with Gasteiger partial charge in [-0.15, -0.1) is 0 Å². The summed E-state index contributed by atoms with van der Waals surface area (Å²) in [6, 6.07) is 14.2. The van der Waals surface area contributed by atoms with E-state index in [9.17, 15) is 14.4 Å². The van der Waals surface area contributed by atoms with E-state index in [0.717, 1.165) is 29.7 Å². The predicted molar refractivity (Wildman–Crippen MR) is 129 cm³/mol. The molecule has 1 fully saturated rings. The van der Waals surface area contributed by atoms with Crippen molar-refractivity contribution in [3.63, 3.8) is 0 Å². The number of hydrogen-bond donors (Lipinski definition) is 1. The van der Waals surface area contributed by atoms with Gasteiger partial charge in [0.15, 0.2) is 0 Å². The van der Waals surface area contributed by atoms with Crippen LogP contribution in [0.1, 0.15) is 48.4 Å². The highest BCUT2D eigenvalue weighted by Crippen LogP contribution is 2.28. The van der Waals surface area contributed by atoms with Crippen LogP contribution in [0, 0.1) is 19.8 Å². The Morgan fingerprint density at radius 3 is 2.48 bits per heavy atom. The molecule has 0 radical (unpaired) electrons. The number of anilines is 1. The summed E-state index contributed by atoms with van der Waals surface area (Å²) in [5.41, 5.74) is 5.52. The quantitative estimate of drug-likeness (QED) is 0.710. The monoisotopic (exact) mass is 447 g/mol. The van der Waals surface area contributed by atoms with Crippen molar-refractivity contribution in [1.29, 1.82) is 0 Å². The van der Waals surface area contributed by atoms with Crippen molar-refractivity contribution >= 4 is 23.4 Å². The first-order chi connectivity index (χ1) is 15.8. The fourth-order valence-corrected chi connectivity index (χ4v) is 4.86. The lowest BCUT2D eigenvalue weighted by atomic mass is 9.90. The zero-order valence-electron chi connectivity index (χ0n) is 19.8. The van der Waals surface area contributed by atoms with Gasteiger partial charge >= 0.3 is 6.03 Å². The lowest BCUT2D eigenvalue weighted by Crippen LogP contribution is -2.51. The van der Waals surface area contributed by atoms with Gasteiger partial charge in [-0.1, -0.05) is 36.4 Å². The van der Waals surface area contributed by atoms with Crippen LogP contribution in [0.3, 0.4) is 0 Å². The van der Waals surface area contributed by atoms with Crippen LogP contribution in [0.4, 0.5) is 10.5 Å². The molecule has 6 heteroatoms. The summed E-state index contributed by atoms with van der Waals surface area (Å²) < 4.78 is 0. The number of rotatable bonds is 6. The molecular weight excluding hydrogens is 414 g/mol. The third-order valence-electron chi connectivity index (χ3n) is 7.17. The Hall–Kier alpha value is -3.15. The lowest BCUT2D eigenvalue weighted by Gasteiger charge is -2.40. The molecule has 1 atom stereocenters. The van der Waals surface area contributed by atoms with Crippen LogP contribution in [0.25, 0.3) is 0 Å². The van der Waals surface area contributed by atoms with E-state index >= 15 is 0 Å². The Bertz CT molecular complexity index is 1060. The molecule has 4 rings (SSSR count). The van der Waals surface area contributed by atoms with E-state index in [0.29, 0.717) is 26.1 Å². The smallest absolute Gasteiger partial charge is 0.322 e. The number of benzene rings is 2. The van der Waals surface area contributed by atoms with Crippen LogP contribution in [-0.2, 0) is 22.6 Å². The standard InChI is InChI=1S/C27H33N3O3/c1-18-8-9-21(14-19(18)2)15-23(20(3)31)16-26(32)29-12-10-24(11-13-29)30-17-22-6-4-5-7-25(22)28-27(30)33/h4-9,14,23-24H,10-13,15-17H2,1-3H3,(H,28,33). The van der Waals surface area contributed by atoms with Gasteiger partial charge in [-0.25, -0.2) is 4.79 Å². The van der Waals surface area contributed by atoms with Gasteiger partial charge in [-0.3, -0.25) is 9.59 Å². The minimum atomic E-state index is -0.304. The van der Waals surface area contributed by atoms with Gasteiger partial charge in [-0.05, 0) is 68.4 Å². The Balaban J connectivity index is 1.33. The van der Waals surface area contributed by atoms with Gasteiger partial charge in [-0.2, -0.15) is 0 Å². The Morgan fingerprint density at radius 1 is 1.06 bits per heavy atom. The van der Waals surface area contributed by atoms with E-state index in [4.69, 9.17) is 0 Å². The molecule has 0 bridgehead atoms. The van der Waals surface area contributed by atoms with Crippen LogP contribution in [0.5, 0.6) is 0 Å². The molecule has 1 saturated heterocycles. The lowest BCUT2D eigenvalue weighted by molar-refractivity contribution is -0.136. The molecule has 2 aromatic carbocycles. The second-order valence-electron chi connectivity index (χ2n) is 9.46. The first-order valence-corrected chi connectivity index (χ1v) is 11.8. The van der Waals surface area contributed by atoms with Crippen molar-refractivity contribution in [3.05, 3.63) is 64.7 Å². The summed E-state index contributed by atoms with van der Waals surface area (Å²) in [7, 11) is 0. The summed E-state index contributed by atoms with van der Waals surface area (Å²) in [6.07, 6.45) is 2.34. The number of Topliss-reactive ketones (excluding diaryl/α,β-unsaturated/α-hetero) is 1. The van der Waals surface area contributed by atoms with Gasteiger partial charge in [0.05, 0.1) is 0 Å². The highest BCUT2D eigenvalue weighted by Gasteiger charge is 2.33. The largest absolute Gasteiger partial charge is 0.343 e. The van der Waals surface area contributed by atoms with Crippen molar-refractivity contribution < 1.29 is 14.4 Å². The second kappa shape index (κ2) is 9.77. The van der Waals surface area contributed by atoms with Gasteiger partial charge in [0, 0.05) is 43.7 Å².